The highest BCUT2D eigenvalue weighted by Gasteiger charge is 2.46. The molecule has 3 rings (SSSR count). The second kappa shape index (κ2) is 7.83. The second-order valence-corrected chi connectivity index (χ2v) is 8.41. The van der Waals surface area contributed by atoms with Gasteiger partial charge in [-0.3, -0.25) is 9.59 Å². The number of hydrogen-bond acceptors (Lipinski definition) is 4. The Morgan fingerprint density at radius 3 is 2.32 bits per heavy atom. The molecule has 1 aliphatic heterocycles. The summed E-state index contributed by atoms with van der Waals surface area (Å²) in [5.41, 5.74) is 0.305. The topological polar surface area (TPSA) is 74.8 Å². The number of anilines is 1. The van der Waals surface area contributed by atoms with E-state index in [0.717, 1.165) is 33.5 Å². The Kier molecular flexibility index (Phi) is 5.64. The SMILES string of the molecule is C=CCN(C1CC(=O)N(c2ccc(Cl)cc2)C1=O)S(=O)(=O)c1ccc(F)cc1. The molecule has 0 bridgehead atoms. The monoisotopic (exact) mass is 422 g/mol. The van der Waals surface area contributed by atoms with Crippen LogP contribution in [0.15, 0.2) is 66.1 Å². The van der Waals surface area contributed by atoms with Crippen LogP contribution < -0.4 is 4.90 Å². The first kappa shape index (κ1) is 20.2. The van der Waals surface area contributed by atoms with Crippen molar-refractivity contribution in [1.29, 1.82) is 0 Å². The van der Waals surface area contributed by atoms with Gasteiger partial charge in [-0.2, -0.15) is 4.31 Å². The van der Waals surface area contributed by atoms with Crippen LogP contribution in [-0.2, 0) is 19.6 Å². The summed E-state index contributed by atoms with van der Waals surface area (Å²) in [6.45, 7) is 3.35. The lowest BCUT2D eigenvalue weighted by atomic mass is 10.2. The quantitative estimate of drug-likeness (QED) is 0.530. The van der Waals surface area contributed by atoms with E-state index in [4.69, 9.17) is 11.6 Å². The standard InChI is InChI=1S/C19H16ClFN2O4S/c1-2-11-22(28(26,27)16-9-5-14(21)6-10-16)17-12-18(24)23(19(17)25)15-7-3-13(20)4-8-15/h2-10,17H,1,11-12H2. The lowest BCUT2D eigenvalue weighted by Crippen LogP contribution is -2.45. The van der Waals surface area contributed by atoms with Gasteiger partial charge >= 0.3 is 0 Å². The molecule has 1 aliphatic rings. The van der Waals surface area contributed by atoms with Crippen LogP contribution >= 0.6 is 11.6 Å². The van der Waals surface area contributed by atoms with Gasteiger partial charge in [-0.15, -0.1) is 6.58 Å². The highest BCUT2D eigenvalue weighted by Crippen LogP contribution is 2.30. The van der Waals surface area contributed by atoms with Gasteiger partial charge in [0.2, 0.25) is 15.9 Å². The molecule has 1 unspecified atom stereocenters. The molecule has 28 heavy (non-hydrogen) atoms. The molecule has 1 heterocycles. The van der Waals surface area contributed by atoms with Crippen molar-refractivity contribution in [3.8, 4) is 0 Å². The van der Waals surface area contributed by atoms with Crippen LogP contribution in [-0.4, -0.2) is 37.1 Å². The first-order chi connectivity index (χ1) is 13.3. The van der Waals surface area contributed by atoms with E-state index in [0.29, 0.717) is 10.7 Å². The van der Waals surface area contributed by atoms with Gasteiger partial charge in [0.05, 0.1) is 17.0 Å². The van der Waals surface area contributed by atoms with E-state index in [2.05, 4.69) is 6.58 Å². The number of amides is 2. The van der Waals surface area contributed by atoms with Gasteiger partial charge in [-0.25, -0.2) is 17.7 Å². The molecule has 2 aromatic rings. The number of hydrogen-bond donors (Lipinski definition) is 0. The Balaban J connectivity index is 1.97. The lowest BCUT2D eigenvalue weighted by Gasteiger charge is -2.25. The van der Waals surface area contributed by atoms with Gasteiger partial charge < -0.3 is 0 Å². The van der Waals surface area contributed by atoms with Crippen molar-refractivity contribution in [1.82, 2.24) is 4.31 Å². The molecule has 0 N–H and O–H groups in total. The van der Waals surface area contributed by atoms with Gasteiger partial charge in [0, 0.05) is 11.6 Å². The smallest absolute Gasteiger partial charge is 0.252 e. The van der Waals surface area contributed by atoms with Crippen molar-refractivity contribution in [3.63, 3.8) is 0 Å². The highest BCUT2D eigenvalue weighted by atomic mass is 35.5. The van der Waals surface area contributed by atoms with E-state index in [1.165, 1.54) is 30.3 Å². The first-order valence-electron chi connectivity index (χ1n) is 8.26. The summed E-state index contributed by atoms with van der Waals surface area (Å²) in [7, 11) is -4.16. The van der Waals surface area contributed by atoms with Crippen LogP contribution in [0.3, 0.4) is 0 Å². The average Bonchev–Trinajstić information content (AvgIpc) is 2.95. The zero-order chi connectivity index (χ0) is 20.5. The third-order valence-corrected chi connectivity index (χ3v) is 6.43. The molecule has 0 saturated carbocycles. The van der Waals surface area contributed by atoms with Crippen molar-refractivity contribution in [2.75, 3.05) is 11.4 Å². The van der Waals surface area contributed by atoms with Crippen molar-refractivity contribution in [3.05, 3.63) is 72.0 Å². The van der Waals surface area contributed by atoms with Gasteiger partial charge in [0.15, 0.2) is 0 Å². The summed E-state index contributed by atoms with van der Waals surface area (Å²) in [6, 6.07) is 9.10. The molecule has 6 nitrogen and oxygen atoms in total. The maximum absolute atomic E-state index is 13.2. The Bertz CT molecular complexity index is 1020. The molecule has 2 amide bonds. The molecule has 2 aromatic carbocycles. The van der Waals surface area contributed by atoms with Gasteiger partial charge in [-0.05, 0) is 48.5 Å². The summed E-state index contributed by atoms with van der Waals surface area (Å²) in [6.07, 6.45) is 1.01. The number of halogens is 2. The van der Waals surface area contributed by atoms with E-state index >= 15 is 0 Å². The zero-order valence-electron chi connectivity index (χ0n) is 14.6. The fourth-order valence-corrected chi connectivity index (χ4v) is 4.64. The minimum absolute atomic E-state index is 0.180. The van der Waals surface area contributed by atoms with Gasteiger partial charge in [0.1, 0.15) is 11.9 Å². The van der Waals surface area contributed by atoms with Crippen molar-refractivity contribution < 1.29 is 22.4 Å². The molecule has 146 valence electrons. The van der Waals surface area contributed by atoms with E-state index in [-0.39, 0.29) is 17.9 Å². The Hall–Kier alpha value is -2.55. The molecular formula is C19H16ClFN2O4S. The van der Waals surface area contributed by atoms with Crippen LogP contribution in [0, 0.1) is 5.82 Å². The van der Waals surface area contributed by atoms with E-state index in [1.807, 2.05) is 0 Å². The number of nitrogens with zero attached hydrogens (tertiary/aromatic N) is 2. The fraction of sp³-hybridized carbons (Fsp3) is 0.158. The van der Waals surface area contributed by atoms with Gasteiger partial charge in [0.25, 0.3) is 5.91 Å². The van der Waals surface area contributed by atoms with Gasteiger partial charge in [-0.1, -0.05) is 17.7 Å². The summed E-state index contributed by atoms with van der Waals surface area (Å²) in [5.74, 6) is -1.78. The maximum atomic E-state index is 13.2. The van der Waals surface area contributed by atoms with Crippen LogP contribution in [0.5, 0.6) is 0 Å². The van der Waals surface area contributed by atoms with Crippen LogP contribution in [0.2, 0.25) is 5.02 Å². The predicted octanol–water partition coefficient (Wildman–Crippen LogP) is 2.99. The van der Waals surface area contributed by atoms with E-state index in [9.17, 15) is 22.4 Å². The van der Waals surface area contributed by atoms with Crippen LogP contribution in [0.1, 0.15) is 6.42 Å². The predicted molar refractivity (Wildman–Crippen MR) is 103 cm³/mol. The summed E-state index contributed by atoms with van der Waals surface area (Å²) >= 11 is 5.84. The van der Waals surface area contributed by atoms with E-state index in [1.54, 1.807) is 0 Å². The zero-order valence-corrected chi connectivity index (χ0v) is 16.2. The Morgan fingerprint density at radius 2 is 1.75 bits per heavy atom. The number of carbonyl (C=O) groups excluding carboxylic acids is 2. The number of imide groups is 1. The average molecular weight is 423 g/mol. The molecule has 9 heteroatoms. The molecule has 0 spiro atoms. The van der Waals surface area contributed by atoms with Crippen molar-refractivity contribution in [2.45, 2.75) is 17.4 Å². The molecule has 0 aliphatic carbocycles. The summed E-state index contributed by atoms with van der Waals surface area (Å²) in [5, 5.41) is 0.437. The fourth-order valence-electron chi connectivity index (χ4n) is 2.96. The van der Waals surface area contributed by atoms with Crippen LogP contribution in [0.4, 0.5) is 10.1 Å². The molecular weight excluding hydrogens is 407 g/mol. The number of carbonyl (C=O) groups is 2. The maximum Gasteiger partial charge on any atom is 0.252 e. The molecule has 1 saturated heterocycles. The normalized spacial score (nSPS) is 17.4. The first-order valence-corrected chi connectivity index (χ1v) is 10.1. The summed E-state index contributed by atoms with van der Waals surface area (Å²) < 4.78 is 40.1. The summed E-state index contributed by atoms with van der Waals surface area (Å²) in [4.78, 5) is 26.2. The minimum atomic E-state index is -4.16. The largest absolute Gasteiger partial charge is 0.274 e. The third-order valence-electron chi connectivity index (χ3n) is 4.28. The molecule has 0 radical (unpaired) electrons. The number of sulfonamides is 1. The molecule has 1 fully saturated rings. The highest BCUT2D eigenvalue weighted by molar-refractivity contribution is 7.89. The molecule has 0 aromatic heterocycles. The van der Waals surface area contributed by atoms with Crippen molar-refractivity contribution in [2.24, 2.45) is 0 Å². The van der Waals surface area contributed by atoms with Crippen molar-refractivity contribution >= 4 is 39.1 Å². The van der Waals surface area contributed by atoms with Crippen LogP contribution in [0.25, 0.3) is 0 Å². The second-order valence-electron chi connectivity index (χ2n) is 6.08. The Labute approximate surface area is 166 Å². The lowest BCUT2D eigenvalue weighted by molar-refractivity contribution is -0.122. The van der Waals surface area contributed by atoms with E-state index < -0.39 is 33.7 Å². The Morgan fingerprint density at radius 1 is 1.14 bits per heavy atom. The number of rotatable bonds is 6. The molecule has 1 atom stereocenters. The minimum Gasteiger partial charge on any atom is -0.274 e. The third kappa shape index (κ3) is 3.71. The number of benzene rings is 2.